The first kappa shape index (κ1) is 9.24. The Labute approximate surface area is 86.9 Å². The van der Waals surface area contributed by atoms with E-state index in [1.165, 1.54) is 0 Å². The number of halogens is 1. The third kappa shape index (κ3) is 1.41. The van der Waals surface area contributed by atoms with Crippen molar-refractivity contribution in [2.75, 3.05) is 5.43 Å². The number of benzene rings is 1. The SMILES string of the molecule is Cc1cccc2c(Cl)cc(NN)nc12. The molecule has 0 aliphatic rings. The van der Waals surface area contributed by atoms with Crippen LogP contribution >= 0.6 is 11.6 Å². The Balaban J connectivity index is 2.83. The van der Waals surface area contributed by atoms with Crippen LogP contribution in [-0.2, 0) is 0 Å². The second-order valence-corrected chi connectivity index (χ2v) is 3.51. The molecule has 3 N–H and O–H groups in total. The van der Waals surface area contributed by atoms with Crippen LogP contribution in [0.1, 0.15) is 5.56 Å². The predicted molar refractivity (Wildman–Crippen MR) is 59.3 cm³/mol. The van der Waals surface area contributed by atoms with Gasteiger partial charge in [-0.2, -0.15) is 0 Å². The Morgan fingerprint density at radius 1 is 1.43 bits per heavy atom. The average molecular weight is 208 g/mol. The van der Waals surface area contributed by atoms with E-state index in [-0.39, 0.29) is 0 Å². The topological polar surface area (TPSA) is 50.9 Å². The van der Waals surface area contributed by atoms with Gasteiger partial charge in [0.05, 0.1) is 10.5 Å². The highest BCUT2D eigenvalue weighted by Gasteiger charge is 2.04. The van der Waals surface area contributed by atoms with Crippen LogP contribution in [0.3, 0.4) is 0 Å². The lowest BCUT2D eigenvalue weighted by Crippen LogP contribution is -2.08. The Kier molecular flexibility index (Phi) is 2.27. The molecule has 0 fully saturated rings. The van der Waals surface area contributed by atoms with E-state index in [9.17, 15) is 0 Å². The third-order valence-corrected chi connectivity index (χ3v) is 2.45. The molecule has 2 rings (SSSR count). The number of rotatable bonds is 1. The van der Waals surface area contributed by atoms with Gasteiger partial charge in [-0.1, -0.05) is 29.8 Å². The van der Waals surface area contributed by atoms with Gasteiger partial charge in [-0.3, -0.25) is 0 Å². The highest BCUT2D eigenvalue weighted by Crippen LogP contribution is 2.26. The largest absolute Gasteiger partial charge is 0.308 e. The van der Waals surface area contributed by atoms with E-state index in [2.05, 4.69) is 10.4 Å². The van der Waals surface area contributed by atoms with E-state index in [1.807, 2.05) is 25.1 Å². The van der Waals surface area contributed by atoms with Crippen molar-refractivity contribution >= 4 is 28.3 Å². The molecule has 72 valence electrons. The van der Waals surface area contributed by atoms with E-state index in [1.54, 1.807) is 6.07 Å². The standard InChI is InChI=1S/C10H10ClN3/c1-6-3-2-4-7-8(11)5-9(14-12)13-10(6)7/h2-5H,12H2,1H3,(H,13,14). The fourth-order valence-electron chi connectivity index (χ4n) is 1.42. The zero-order chi connectivity index (χ0) is 10.1. The van der Waals surface area contributed by atoms with Crippen LogP contribution < -0.4 is 11.3 Å². The van der Waals surface area contributed by atoms with E-state index in [4.69, 9.17) is 17.4 Å². The van der Waals surface area contributed by atoms with Crippen molar-refractivity contribution in [3.8, 4) is 0 Å². The molecule has 0 saturated heterocycles. The van der Waals surface area contributed by atoms with Crippen molar-refractivity contribution < 1.29 is 0 Å². The molecular weight excluding hydrogens is 198 g/mol. The van der Waals surface area contributed by atoms with Crippen molar-refractivity contribution in [1.82, 2.24) is 4.98 Å². The summed E-state index contributed by atoms with van der Waals surface area (Å²) >= 11 is 6.08. The van der Waals surface area contributed by atoms with Crippen molar-refractivity contribution in [2.24, 2.45) is 5.84 Å². The van der Waals surface area contributed by atoms with Gasteiger partial charge in [0.15, 0.2) is 0 Å². The average Bonchev–Trinajstić information content (AvgIpc) is 2.19. The number of anilines is 1. The third-order valence-electron chi connectivity index (χ3n) is 2.14. The van der Waals surface area contributed by atoms with Gasteiger partial charge in [0.25, 0.3) is 0 Å². The Morgan fingerprint density at radius 2 is 2.21 bits per heavy atom. The Hall–Kier alpha value is -1.32. The molecule has 0 unspecified atom stereocenters. The molecule has 1 aromatic carbocycles. The smallest absolute Gasteiger partial charge is 0.142 e. The summed E-state index contributed by atoms with van der Waals surface area (Å²) in [6.07, 6.45) is 0. The Morgan fingerprint density at radius 3 is 2.93 bits per heavy atom. The molecule has 0 aliphatic heterocycles. The first-order valence-corrected chi connectivity index (χ1v) is 4.62. The molecule has 0 aliphatic carbocycles. The summed E-state index contributed by atoms with van der Waals surface area (Å²) in [6, 6.07) is 7.61. The maximum Gasteiger partial charge on any atom is 0.142 e. The molecule has 1 aromatic heterocycles. The van der Waals surface area contributed by atoms with Gasteiger partial charge in [-0.05, 0) is 12.5 Å². The van der Waals surface area contributed by atoms with Crippen LogP contribution in [-0.4, -0.2) is 4.98 Å². The lowest BCUT2D eigenvalue weighted by atomic mass is 10.1. The number of hydrazine groups is 1. The van der Waals surface area contributed by atoms with Crippen molar-refractivity contribution in [2.45, 2.75) is 6.92 Å². The number of nitrogen functional groups attached to an aromatic ring is 1. The minimum absolute atomic E-state index is 0.580. The second kappa shape index (κ2) is 3.44. The normalized spacial score (nSPS) is 10.5. The van der Waals surface area contributed by atoms with Crippen molar-refractivity contribution in [3.05, 3.63) is 34.9 Å². The van der Waals surface area contributed by atoms with E-state index in [0.717, 1.165) is 16.5 Å². The van der Waals surface area contributed by atoms with Gasteiger partial charge < -0.3 is 5.43 Å². The maximum atomic E-state index is 6.08. The monoisotopic (exact) mass is 207 g/mol. The van der Waals surface area contributed by atoms with E-state index in [0.29, 0.717) is 10.8 Å². The summed E-state index contributed by atoms with van der Waals surface area (Å²) in [6.45, 7) is 1.99. The van der Waals surface area contributed by atoms with Gasteiger partial charge in [0.2, 0.25) is 0 Å². The van der Waals surface area contributed by atoms with Crippen LogP contribution in [0.5, 0.6) is 0 Å². The summed E-state index contributed by atoms with van der Waals surface area (Å²) in [5.74, 6) is 5.87. The highest BCUT2D eigenvalue weighted by atomic mass is 35.5. The summed E-state index contributed by atoms with van der Waals surface area (Å²) in [7, 11) is 0. The highest BCUT2D eigenvalue weighted by molar-refractivity contribution is 6.35. The van der Waals surface area contributed by atoms with Crippen LogP contribution in [0.15, 0.2) is 24.3 Å². The van der Waals surface area contributed by atoms with E-state index < -0.39 is 0 Å². The molecule has 0 atom stereocenters. The molecule has 2 aromatic rings. The van der Waals surface area contributed by atoms with Crippen LogP contribution in [0, 0.1) is 6.92 Å². The molecule has 0 amide bonds. The summed E-state index contributed by atoms with van der Waals surface area (Å²) in [5, 5.41) is 1.61. The fraction of sp³-hybridized carbons (Fsp3) is 0.100. The zero-order valence-electron chi connectivity index (χ0n) is 7.71. The molecule has 3 nitrogen and oxygen atoms in total. The number of hydrogen-bond donors (Lipinski definition) is 2. The minimum Gasteiger partial charge on any atom is -0.308 e. The molecule has 0 saturated carbocycles. The summed E-state index contributed by atoms with van der Waals surface area (Å²) < 4.78 is 0. The number of aromatic nitrogens is 1. The van der Waals surface area contributed by atoms with Crippen LogP contribution in [0.4, 0.5) is 5.82 Å². The summed E-state index contributed by atoms with van der Waals surface area (Å²) in [5.41, 5.74) is 4.46. The lowest BCUT2D eigenvalue weighted by molar-refractivity contribution is 1.25. The molecular formula is C10H10ClN3. The minimum atomic E-state index is 0.580. The van der Waals surface area contributed by atoms with Crippen molar-refractivity contribution in [1.29, 1.82) is 0 Å². The summed E-state index contributed by atoms with van der Waals surface area (Å²) in [4.78, 5) is 4.33. The van der Waals surface area contributed by atoms with Gasteiger partial charge >= 0.3 is 0 Å². The molecule has 1 heterocycles. The van der Waals surface area contributed by atoms with Crippen molar-refractivity contribution in [3.63, 3.8) is 0 Å². The predicted octanol–water partition coefficient (Wildman–Crippen LogP) is 2.48. The number of pyridine rings is 1. The van der Waals surface area contributed by atoms with Gasteiger partial charge in [0.1, 0.15) is 5.82 Å². The number of nitrogens with two attached hydrogens (primary N) is 1. The molecule has 14 heavy (non-hydrogen) atoms. The molecule has 4 heteroatoms. The first-order valence-electron chi connectivity index (χ1n) is 4.25. The Bertz CT molecular complexity index is 482. The lowest BCUT2D eigenvalue weighted by Gasteiger charge is -2.06. The number of para-hydroxylation sites is 1. The second-order valence-electron chi connectivity index (χ2n) is 3.10. The first-order chi connectivity index (χ1) is 6.72. The maximum absolute atomic E-state index is 6.08. The molecule has 0 radical (unpaired) electrons. The molecule has 0 spiro atoms. The fourth-order valence-corrected chi connectivity index (χ4v) is 1.68. The number of fused-ring (bicyclic) bond motifs is 1. The quantitative estimate of drug-likeness (QED) is 0.558. The van der Waals surface area contributed by atoms with Crippen LogP contribution in [0.25, 0.3) is 10.9 Å². The van der Waals surface area contributed by atoms with E-state index >= 15 is 0 Å². The van der Waals surface area contributed by atoms with Crippen LogP contribution in [0.2, 0.25) is 5.02 Å². The number of aryl methyl sites for hydroxylation is 1. The van der Waals surface area contributed by atoms with Gasteiger partial charge in [-0.25, -0.2) is 10.8 Å². The number of hydrogen-bond acceptors (Lipinski definition) is 3. The number of nitrogens with one attached hydrogen (secondary N) is 1. The number of nitrogens with zero attached hydrogens (tertiary/aromatic N) is 1. The zero-order valence-corrected chi connectivity index (χ0v) is 8.47. The van der Waals surface area contributed by atoms with Gasteiger partial charge in [0, 0.05) is 11.5 Å². The molecule has 0 bridgehead atoms. The van der Waals surface area contributed by atoms with Gasteiger partial charge in [-0.15, -0.1) is 0 Å².